The summed E-state index contributed by atoms with van der Waals surface area (Å²) in [5, 5.41) is 0. The Morgan fingerprint density at radius 3 is 1.95 bits per heavy atom. The smallest absolute Gasteiger partial charge is 0.341 e. The van der Waals surface area contributed by atoms with E-state index >= 15 is 0 Å². The molecule has 0 N–H and O–H groups in total. The van der Waals surface area contributed by atoms with Crippen molar-refractivity contribution >= 4 is 41.8 Å². The Balaban J connectivity index is 1.56. The molecule has 4 heterocycles. The van der Waals surface area contributed by atoms with Gasteiger partial charge in [-0.3, -0.25) is 28.8 Å². The summed E-state index contributed by atoms with van der Waals surface area (Å²) in [6.07, 6.45) is -5.76. The van der Waals surface area contributed by atoms with Gasteiger partial charge in [-0.1, -0.05) is 27.7 Å². The fraction of sp³-hybridized carbons (Fsp3) is 0.750. The molecule has 346 valence electrons. The number of furan rings is 1. The predicted molar refractivity (Wildman–Crippen MR) is 206 cm³/mol. The van der Waals surface area contributed by atoms with Crippen LogP contribution in [-0.4, -0.2) is 114 Å². The van der Waals surface area contributed by atoms with Gasteiger partial charge in [0, 0.05) is 68.3 Å². The van der Waals surface area contributed by atoms with Crippen LogP contribution in [0, 0.1) is 28.1 Å². The monoisotopic (exact) mass is 888 g/mol. The van der Waals surface area contributed by atoms with E-state index < -0.39 is 141 Å². The summed E-state index contributed by atoms with van der Waals surface area (Å²) in [7, 11) is 2.39. The van der Waals surface area contributed by atoms with E-state index in [1.807, 2.05) is 0 Å². The SMILES string of the molecule is CCC(=O)OC1C2(OC(C)=O)C(OC(=O)C3(C)OC3C)C3(C)CC24OC2(C)OC15C(CC(=O)OC)C(C)(C(OC(C)=O)c1ccoc1)CC(OC(C)=O)C5(O2)C4(C)C3CC(=O)OC. The Morgan fingerprint density at radius 2 is 1.43 bits per heavy atom. The van der Waals surface area contributed by atoms with Crippen LogP contribution in [0.3, 0.4) is 0 Å². The fourth-order valence-corrected chi connectivity index (χ4v) is 13.9. The van der Waals surface area contributed by atoms with Gasteiger partial charge in [-0.25, -0.2) is 4.79 Å². The van der Waals surface area contributed by atoms with Crippen molar-refractivity contribution in [3.8, 4) is 0 Å². The summed E-state index contributed by atoms with van der Waals surface area (Å²) in [6, 6.07) is 1.56. The van der Waals surface area contributed by atoms with Gasteiger partial charge >= 0.3 is 41.8 Å². The lowest BCUT2D eigenvalue weighted by atomic mass is 9.33. The van der Waals surface area contributed by atoms with E-state index in [4.69, 9.17) is 56.5 Å². The Morgan fingerprint density at radius 1 is 0.794 bits per heavy atom. The summed E-state index contributed by atoms with van der Waals surface area (Å²) in [5.74, 6) is -10.2. The first-order chi connectivity index (χ1) is 29.3. The number of ether oxygens (including phenoxy) is 11. The van der Waals surface area contributed by atoms with Gasteiger partial charge in [-0.15, -0.1) is 0 Å². The first-order valence-corrected chi connectivity index (χ1v) is 21.2. The third kappa shape index (κ3) is 5.36. The molecule has 4 saturated carbocycles. The van der Waals surface area contributed by atoms with Crippen LogP contribution in [0.15, 0.2) is 23.0 Å². The van der Waals surface area contributed by atoms with Crippen LogP contribution in [0.4, 0.5) is 0 Å². The number of hydrogen-bond acceptors (Lipinski definition) is 19. The van der Waals surface area contributed by atoms with Crippen molar-refractivity contribution in [2.24, 2.45) is 28.1 Å². The Bertz CT molecular complexity index is 2160. The highest BCUT2D eigenvalue weighted by atomic mass is 16.9. The number of carbonyl (C=O) groups excluding carboxylic acids is 7. The van der Waals surface area contributed by atoms with Crippen molar-refractivity contribution in [2.45, 2.75) is 166 Å². The molecule has 1 aromatic heterocycles. The molecule has 4 bridgehead atoms. The van der Waals surface area contributed by atoms with Crippen molar-refractivity contribution in [3.63, 3.8) is 0 Å². The Labute approximate surface area is 363 Å². The first-order valence-electron chi connectivity index (χ1n) is 21.2. The Kier molecular flexibility index (Phi) is 9.97. The van der Waals surface area contributed by atoms with Crippen molar-refractivity contribution in [1.82, 2.24) is 0 Å². The largest absolute Gasteiger partial charge is 0.472 e. The number of fused-ring (bicyclic) bond motifs is 2. The van der Waals surface area contributed by atoms with Gasteiger partial charge in [-0.2, -0.15) is 0 Å². The molecular weight excluding hydrogens is 832 g/mol. The third-order valence-electron chi connectivity index (χ3n) is 16.0. The maximum absolute atomic E-state index is 14.5. The first kappa shape index (κ1) is 45.0. The number of methoxy groups -OCH3 is 2. The molecule has 7 aliphatic rings. The number of rotatable bonds is 13. The lowest BCUT2D eigenvalue weighted by Gasteiger charge is -2.77. The molecule has 16 unspecified atom stereocenters. The molecule has 4 aliphatic carbocycles. The predicted octanol–water partition coefficient (Wildman–Crippen LogP) is 3.71. The zero-order valence-electron chi connectivity index (χ0n) is 37.6. The van der Waals surface area contributed by atoms with Gasteiger partial charge in [0.1, 0.15) is 17.8 Å². The maximum Gasteiger partial charge on any atom is 0.341 e. The van der Waals surface area contributed by atoms with Crippen molar-refractivity contribution in [1.29, 1.82) is 0 Å². The zero-order valence-corrected chi connectivity index (χ0v) is 37.6. The topological polar surface area (TPSA) is 237 Å². The van der Waals surface area contributed by atoms with E-state index in [0.717, 1.165) is 6.92 Å². The molecule has 63 heavy (non-hydrogen) atoms. The standard InChI is InChI=1S/C44H56O19/c1-13-29(48)57-34-42-27(17-31(50)53-12)36(6,32(56-23(4)46)25-14-15-54-19-25)18-28(55-22(3)45)44(42)39(9)26(16-30(49)52-11)37(7)20-41(39,61-40(10,62-42)63-44)43(34,60-24(5)47)33(37)58-35(51)38(8)21(2)59-38/h14-15,19,21,26-28,32-34H,13,16-18,20H2,1-12H3. The van der Waals surface area contributed by atoms with E-state index in [9.17, 15) is 33.6 Å². The average molecular weight is 889 g/mol. The highest BCUT2D eigenvalue weighted by Crippen LogP contribution is 2.90. The molecule has 19 heteroatoms. The van der Waals surface area contributed by atoms with Crippen molar-refractivity contribution < 1.29 is 90.1 Å². The lowest BCUT2D eigenvalue weighted by Crippen LogP contribution is -2.96. The second kappa shape index (κ2) is 14.0. The molecule has 0 aromatic carbocycles. The number of carbonyl (C=O) groups is 7. The summed E-state index contributed by atoms with van der Waals surface area (Å²) in [6.45, 7) is 14.9. The number of esters is 7. The molecule has 0 amide bonds. The molecule has 8 rings (SSSR count). The number of epoxide rings is 1. The van der Waals surface area contributed by atoms with Crippen LogP contribution < -0.4 is 0 Å². The number of hydrogen-bond donors (Lipinski definition) is 0. The summed E-state index contributed by atoms with van der Waals surface area (Å²) in [4.78, 5) is 97.9. The highest BCUT2D eigenvalue weighted by Gasteiger charge is 3.06. The van der Waals surface area contributed by atoms with Crippen LogP contribution in [0.25, 0.3) is 0 Å². The highest BCUT2D eigenvalue weighted by molar-refractivity contribution is 5.83. The lowest BCUT2D eigenvalue weighted by molar-refractivity contribution is -0.486. The molecule has 7 fully saturated rings. The molecule has 3 aliphatic heterocycles. The van der Waals surface area contributed by atoms with Gasteiger partial charge in [0.25, 0.3) is 5.97 Å². The fourth-order valence-electron chi connectivity index (χ4n) is 13.9. The van der Waals surface area contributed by atoms with E-state index in [0.29, 0.717) is 5.56 Å². The summed E-state index contributed by atoms with van der Waals surface area (Å²) >= 11 is 0. The van der Waals surface area contributed by atoms with Crippen molar-refractivity contribution in [3.05, 3.63) is 24.2 Å². The molecule has 0 radical (unpaired) electrons. The average Bonchev–Trinajstić information content (AvgIpc) is 3.52. The van der Waals surface area contributed by atoms with Crippen LogP contribution >= 0.6 is 0 Å². The molecule has 1 aromatic rings. The molecule has 3 saturated heterocycles. The van der Waals surface area contributed by atoms with Gasteiger partial charge in [0.2, 0.25) is 5.60 Å². The minimum absolute atomic E-state index is 0.131. The normalized spacial score (nSPS) is 45.9. The molecule has 19 nitrogen and oxygen atoms in total. The third-order valence-corrected chi connectivity index (χ3v) is 16.0. The van der Waals surface area contributed by atoms with Gasteiger partial charge in [0.15, 0.2) is 29.0 Å². The van der Waals surface area contributed by atoms with Gasteiger partial charge in [-0.05, 0) is 38.7 Å². The van der Waals surface area contributed by atoms with Crippen molar-refractivity contribution in [2.75, 3.05) is 14.2 Å². The van der Waals surface area contributed by atoms with E-state index in [-0.39, 0.29) is 25.7 Å². The minimum atomic E-state index is -2.39. The quantitative estimate of drug-likeness (QED) is 0.156. The summed E-state index contributed by atoms with van der Waals surface area (Å²) in [5.41, 5.74) is -14.8. The zero-order chi connectivity index (χ0) is 46.3. The molecule has 2 spiro atoms. The van der Waals surface area contributed by atoms with E-state index in [1.165, 1.54) is 54.4 Å². The molecular formula is C44H56O19. The van der Waals surface area contributed by atoms with Gasteiger partial charge in [0.05, 0.1) is 39.3 Å². The van der Waals surface area contributed by atoms with E-state index in [2.05, 4.69) is 0 Å². The second-order valence-electron chi connectivity index (χ2n) is 19.2. The van der Waals surface area contributed by atoms with E-state index in [1.54, 1.807) is 40.7 Å². The molecule has 16 atom stereocenters. The van der Waals surface area contributed by atoms with Crippen LogP contribution in [0.1, 0.15) is 113 Å². The van der Waals surface area contributed by atoms with Crippen LogP contribution in [-0.2, 0) is 85.7 Å². The minimum Gasteiger partial charge on any atom is -0.472 e. The maximum atomic E-state index is 14.5. The van der Waals surface area contributed by atoms with Crippen LogP contribution in [0.2, 0.25) is 0 Å². The summed E-state index contributed by atoms with van der Waals surface area (Å²) < 4.78 is 76.5. The second-order valence-corrected chi connectivity index (χ2v) is 19.2. The van der Waals surface area contributed by atoms with Crippen LogP contribution in [0.5, 0.6) is 0 Å². The Hall–Kier alpha value is -4.59. The van der Waals surface area contributed by atoms with Gasteiger partial charge < -0.3 is 56.5 Å².